The first-order valence-electron chi connectivity index (χ1n) is 6.80. The highest BCUT2D eigenvalue weighted by Gasteiger charge is 2.32. The molecule has 0 radical (unpaired) electrons. The molecular weight excluding hydrogens is 262 g/mol. The Bertz CT molecular complexity index is 429. The van der Waals surface area contributed by atoms with Crippen LogP contribution in [0.4, 0.5) is 0 Å². The summed E-state index contributed by atoms with van der Waals surface area (Å²) in [6, 6.07) is 0.847. The van der Waals surface area contributed by atoms with E-state index in [1.807, 2.05) is 4.90 Å². The molecule has 2 fully saturated rings. The van der Waals surface area contributed by atoms with E-state index in [4.69, 9.17) is 5.73 Å². The third-order valence-corrected chi connectivity index (χ3v) is 4.60. The lowest BCUT2D eigenvalue weighted by atomic mass is 10.0. The number of hydrogen-bond donors (Lipinski definition) is 1. The van der Waals surface area contributed by atoms with Crippen molar-refractivity contribution in [1.82, 2.24) is 18.5 Å². The van der Waals surface area contributed by atoms with Crippen LogP contribution in [-0.2, 0) is 0 Å². The van der Waals surface area contributed by atoms with Crippen LogP contribution in [0.25, 0.3) is 0 Å². The van der Waals surface area contributed by atoms with Crippen LogP contribution in [0.2, 0.25) is 0 Å². The molecule has 0 aliphatic carbocycles. The molecule has 2 aliphatic heterocycles. The molecule has 3 heterocycles. The van der Waals surface area contributed by atoms with Crippen molar-refractivity contribution in [1.29, 1.82) is 0 Å². The standard InChI is InChI=1S/C12H19N5OS/c13-9-1-4-16(5-2-9)10-3-6-17(8-10)12(18)11-7-14-19-15-11/h7,9-10H,1-6,8,13H2. The molecule has 0 spiro atoms. The lowest BCUT2D eigenvalue weighted by Crippen LogP contribution is -2.46. The Balaban J connectivity index is 1.57. The van der Waals surface area contributed by atoms with Gasteiger partial charge in [-0.05, 0) is 32.4 Å². The molecular formula is C12H19N5OS. The van der Waals surface area contributed by atoms with Gasteiger partial charge in [0, 0.05) is 25.2 Å². The van der Waals surface area contributed by atoms with Gasteiger partial charge in [0.25, 0.3) is 5.91 Å². The van der Waals surface area contributed by atoms with Gasteiger partial charge in [-0.15, -0.1) is 0 Å². The molecule has 1 amide bonds. The van der Waals surface area contributed by atoms with Gasteiger partial charge in [-0.1, -0.05) is 0 Å². The number of nitrogens with zero attached hydrogens (tertiary/aromatic N) is 4. The zero-order valence-electron chi connectivity index (χ0n) is 10.9. The van der Waals surface area contributed by atoms with Crippen molar-refractivity contribution in [3.05, 3.63) is 11.9 Å². The molecule has 1 aromatic rings. The summed E-state index contributed by atoms with van der Waals surface area (Å²) in [5.41, 5.74) is 6.41. The quantitative estimate of drug-likeness (QED) is 0.836. The molecule has 0 saturated carbocycles. The van der Waals surface area contributed by atoms with E-state index in [0.29, 0.717) is 17.8 Å². The first-order valence-corrected chi connectivity index (χ1v) is 7.53. The third kappa shape index (κ3) is 2.77. The Morgan fingerprint density at radius 3 is 2.79 bits per heavy atom. The number of aromatic nitrogens is 2. The van der Waals surface area contributed by atoms with Crippen LogP contribution < -0.4 is 5.73 Å². The van der Waals surface area contributed by atoms with Gasteiger partial charge < -0.3 is 10.6 Å². The van der Waals surface area contributed by atoms with Gasteiger partial charge >= 0.3 is 0 Å². The summed E-state index contributed by atoms with van der Waals surface area (Å²) in [4.78, 5) is 16.6. The number of amides is 1. The Labute approximate surface area is 116 Å². The number of carbonyl (C=O) groups is 1. The van der Waals surface area contributed by atoms with E-state index in [1.54, 1.807) is 6.20 Å². The average molecular weight is 281 g/mol. The van der Waals surface area contributed by atoms with Gasteiger partial charge in [0.1, 0.15) is 0 Å². The Morgan fingerprint density at radius 2 is 2.11 bits per heavy atom. The van der Waals surface area contributed by atoms with Crippen LogP contribution >= 0.6 is 11.7 Å². The van der Waals surface area contributed by atoms with E-state index < -0.39 is 0 Å². The number of rotatable bonds is 2. The molecule has 19 heavy (non-hydrogen) atoms. The monoisotopic (exact) mass is 281 g/mol. The Kier molecular flexibility index (Phi) is 3.76. The van der Waals surface area contributed by atoms with Gasteiger partial charge in [-0.3, -0.25) is 9.69 Å². The van der Waals surface area contributed by atoms with Crippen LogP contribution in [0.5, 0.6) is 0 Å². The summed E-state index contributed by atoms with van der Waals surface area (Å²) in [7, 11) is 0. The summed E-state index contributed by atoms with van der Waals surface area (Å²) in [5.74, 6) is 0.0185. The second-order valence-electron chi connectivity index (χ2n) is 5.36. The summed E-state index contributed by atoms with van der Waals surface area (Å²) >= 11 is 1.08. The predicted molar refractivity (Wildman–Crippen MR) is 73.0 cm³/mol. The minimum Gasteiger partial charge on any atom is -0.336 e. The van der Waals surface area contributed by atoms with Crippen LogP contribution in [0.1, 0.15) is 29.8 Å². The molecule has 2 saturated heterocycles. The van der Waals surface area contributed by atoms with Gasteiger partial charge in [-0.25, -0.2) is 0 Å². The number of hydrogen-bond acceptors (Lipinski definition) is 6. The maximum Gasteiger partial charge on any atom is 0.275 e. The minimum absolute atomic E-state index is 0.0185. The highest BCUT2D eigenvalue weighted by Crippen LogP contribution is 2.21. The fourth-order valence-electron chi connectivity index (χ4n) is 2.93. The molecule has 1 unspecified atom stereocenters. The topological polar surface area (TPSA) is 75.3 Å². The Morgan fingerprint density at radius 1 is 1.32 bits per heavy atom. The maximum atomic E-state index is 12.2. The third-order valence-electron chi connectivity index (χ3n) is 4.12. The van der Waals surface area contributed by atoms with Crippen LogP contribution in [0.15, 0.2) is 6.20 Å². The molecule has 6 nitrogen and oxygen atoms in total. The van der Waals surface area contributed by atoms with Gasteiger partial charge in [-0.2, -0.15) is 8.75 Å². The minimum atomic E-state index is 0.0185. The van der Waals surface area contributed by atoms with E-state index in [1.165, 1.54) is 0 Å². The van der Waals surface area contributed by atoms with Crippen molar-refractivity contribution < 1.29 is 4.79 Å². The van der Waals surface area contributed by atoms with Gasteiger partial charge in [0.2, 0.25) is 0 Å². The molecule has 2 N–H and O–H groups in total. The van der Waals surface area contributed by atoms with Gasteiger partial charge in [0.05, 0.1) is 17.9 Å². The van der Waals surface area contributed by atoms with Crippen LogP contribution in [-0.4, -0.2) is 62.7 Å². The molecule has 2 aliphatic rings. The molecule has 104 valence electrons. The van der Waals surface area contributed by atoms with Crippen molar-refractivity contribution in [2.75, 3.05) is 26.2 Å². The lowest BCUT2D eigenvalue weighted by Gasteiger charge is -2.34. The molecule has 1 atom stereocenters. The smallest absolute Gasteiger partial charge is 0.275 e. The summed E-state index contributed by atoms with van der Waals surface area (Å²) in [6.45, 7) is 3.76. The Hall–Kier alpha value is -1.05. The van der Waals surface area contributed by atoms with Crippen LogP contribution in [0, 0.1) is 0 Å². The van der Waals surface area contributed by atoms with E-state index in [0.717, 1.165) is 57.2 Å². The van der Waals surface area contributed by atoms with E-state index in [-0.39, 0.29) is 5.91 Å². The molecule has 1 aromatic heterocycles. The summed E-state index contributed by atoms with van der Waals surface area (Å²) in [6.07, 6.45) is 4.75. The number of nitrogens with two attached hydrogens (primary N) is 1. The fraction of sp³-hybridized carbons (Fsp3) is 0.750. The van der Waals surface area contributed by atoms with Crippen molar-refractivity contribution in [3.8, 4) is 0 Å². The second kappa shape index (κ2) is 5.52. The zero-order chi connectivity index (χ0) is 13.2. The summed E-state index contributed by atoms with van der Waals surface area (Å²) < 4.78 is 7.91. The zero-order valence-corrected chi connectivity index (χ0v) is 11.7. The van der Waals surface area contributed by atoms with Crippen molar-refractivity contribution >= 4 is 17.6 Å². The van der Waals surface area contributed by atoms with E-state index >= 15 is 0 Å². The number of likely N-dealkylation sites (tertiary alicyclic amines) is 2. The second-order valence-corrected chi connectivity index (χ2v) is 5.92. The average Bonchev–Trinajstić information content (AvgIpc) is 3.10. The van der Waals surface area contributed by atoms with Gasteiger partial charge in [0.15, 0.2) is 5.69 Å². The highest BCUT2D eigenvalue weighted by molar-refractivity contribution is 6.99. The fourth-order valence-corrected chi connectivity index (χ4v) is 3.34. The largest absolute Gasteiger partial charge is 0.336 e. The first-order chi connectivity index (χ1) is 9.24. The molecule has 0 aromatic carbocycles. The molecule has 0 bridgehead atoms. The van der Waals surface area contributed by atoms with Crippen LogP contribution in [0.3, 0.4) is 0 Å². The van der Waals surface area contributed by atoms with Crippen molar-refractivity contribution in [2.24, 2.45) is 5.73 Å². The first kappa shape index (κ1) is 13.0. The van der Waals surface area contributed by atoms with E-state index in [9.17, 15) is 4.79 Å². The maximum absolute atomic E-state index is 12.2. The highest BCUT2D eigenvalue weighted by atomic mass is 32.1. The normalized spacial score (nSPS) is 25.9. The van der Waals surface area contributed by atoms with Crippen molar-refractivity contribution in [2.45, 2.75) is 31.3 Å². The summed E-state index contributed by atoms with van der Waals surface area (Å²) in [5, 5.41) is 0. The van der Waals surface area contributed by atoms with E-state index in [2.05, 4.69) is 13.6 Å². The number of carbonyl (C=O) groups excluding carboxylic acids is 1. The lowest BCUT2D eigenvalue weighted by molar-refractivity contribution is 0.0765. The SMILES string of the molecule is NC1CCN(C2CCN(C(=O)c3cnsn3)C2)CC1. The molecule has 3 rings (SSSR count). The molecule has 7 heteroatoms. The number of piperidine rings is 1. The van der Waals surface area contributed by atoms with Crippen molar-refractivity contribution in [3.63, 3.8) is 0 Å². The predicted octanol–water partition coefficient (Wildman–Crippen LogP) is 0.176.